The molecule has 0 radical (unpaired) electrons. The fourth-order valence-electron chi connectivity index (χ4n) is 1.51. The van der Waals surface area contributed by atoms with E-state index < -0.39 is 26.2 Å². The van der Waals surface area contributed by atoms with Gasteiger partial charge >= 0.3 is 5.69 Å². The molecule has 0 amide bonds. The van der Waals surface area contributed by atoms with E-state index in [1.165, 1.54) is 14.1 Å². The molecule has 0 aliphatic heterocycles. The molecule has 20 heavy (non-hydrogen) atoms. The van der Waals surface area contributed by atoms with Crippen LogP contribution in [0.15, 0.2) is 20.7 Å². The summed E-state index contributed by atoms with van der Waals surface area (Å²) in [5.41, 5.74) is -1.40. The Morgan fingerprint density at radius 1 is 1.20 bits per heavy atom. The molecule has 1 rings (SSSR count). The number of rotatable bonds is 6. The lowest BCUT2D eigenvalue weighted by molar-refractivity contribution is 0.567. The molecule has 1 heterocycles. The third-order valence-corrected chi connectivity index (χ3v) is 4.04. The summed E-state index contributed by atoms with van der Waals surface area (Å²) >= 11 is 0. The lowest BCUT2D eigenvalue weighted by atomic mass is 10.4. The Bertz CT molecular complexity index is 665. The SMILES string of the molecule is CNCCCNS(=O)(=O)c1cn(C)c(=O)n(C)c1=O.Cl. The fourth-order valence-corrected chi connectivity index (χ4v) is 2.74. The van der Waals surface area contributed by atoms with Crippen molar-refractivity contribution in [3.8, 4) is 0 Å². The maximum atomic E-state index is 12.0. The molecular formula is C10H19ClN4O4S. The Morgan fingerprint density at radius 2 is 1.80 bits per heavy atom. The molecule has 0 bridgehead atoms. The van der Waals surface area contributed by atoms with Crippen molar-refractivity contribution in [3.63, 3.8) is 0 Å². The molecular weight excluding hydrogens is 308 g/mol. The van der Waals surface area contributed by atoms with Crippen LogP contribution in [-0.2, 0) is 24.1 Å². The topological polar surface area (TPSA) is 102 Å². The molecule has 116 valence electrons. The van der Waals surface area contributed by atoms with Gasteiger partial charge in [-0.1, -0.05) is 0 Å². The molecule has 0 aliphatic carbocycles. The van der Waals surface area contributed by atoms with Crippen LogP contribution in [0.3, 0.4) is 0 Å². The summed E-state index contributed by atoms with van der Waals surface area (Å²) in [6.07, 6.45) is 1.63. The van der Waals surface area contributed by atoms with Gasteiger partial charge in [0, 0.05) is 26.8 Å². The molecule has 0 fully saturated rings. The normalized spacial score (nSPS) is 11.2. The summed E-state index contributed by atoms with van der Waals surface area (Å²) in [6, 6.07) is 0. The summed E-state index contributed by atoms with van der Waals surface area (Å²) in [7, 11) is 0.489. The van der Waals surface area contributed by atoms with E-state index in [-0.39, 0.29) is 19.0 Å². The first-order chi connectivity index (χ1) is 8.81. The average molecular weight is 327 g/mol. The van der Waals surface area contributed by atoms with Crippen LogP contribution in [0, 0.1) is 0 Å². The first kappa shape index (κ1) is 18.8. The number of aromatic nitrogens is 2. The highest BCUT2D eigenvalue weighted by atomic mass is 35.5. The second-order valence-electron chi connectivity index (χ2n) is 4.11. The molecule has 1 aromatic heterocycles. The van der Waals surface area contributed by atoms with E-state index in [1.54, 1.807) is 7.05 Å². The number of aryl methyl sites for hydroxylation is 1. The van der Waals surface area contributed by atoms with Gasteiger partial charge in [0.05, 0.1) is 0 Å². The van der Waals surface area contributed by atoms with Crippen molar-refractivity contribution in [2.24, 2.45) is 14.1 Å². The van der Waals surface area contributed by atoms with E-state index in [2.05, 4.69) is 10.0 Å². The minimum Gasteiger partial charge on any atom is -0.320 e. The summed E-state index contributed by atoms with van der Waals surface area (Å²) in [5, 5.41) is 2.88. The predicted molar refractivity (Wildman–Crippen MR) is 77.9 cm³/mol. The van der Waals surface area contributed by atoms with Crippen LogP contribution < -0.4 is 21.3 Å². The van der Waals surface area contributed by atoms with E-state index in [9.17, 15) is 18.0 Å². The van der Waals surface area contributed by atoms with E-state index in [0.717, 1.165) is 15.3 Å². The Balaban J connectivity index is 0.00000361. The van der Waals surface area contributed by atoms with E-state index in [4.69, 9.17) is 0 Å². The molecule has 8 nitrogen and oxygen atoms in total. The molecule has 2 N–H and O–H groups in total. The zero-order valence-electron chi connectivity index (χ0n) is 11.5. The van der Waals surface area contributed by atoms with Gasteiger partial charge in [0.25, 0.3) is 5.56 Å². The molecule has 0 spiro atoms. The average Bonchev–Trinajstić information content (AvgIpc) is 2.36. The lowest BCUT2D eigenvalue weighted by Crippen LogP contribution is -2.41. The van der Waals surface area contributed by atoms with Gasteiger partial charge in [-0.25, -0.2) is 17.9 Å². The second kappa shape index (κ2) is 7.58. The van der Waals surface area contributed by atoms with E-state index in [1.807, 2.05) is 0 Å². The maximum absolute atomic E-state index is 12.0. The Morgan fingerprint density at radius 3 is 2.35 bits per heavy atom. The van der Waals surface area contributed by atoms with Gasteiger partial charge in [-0.05, 0) is 20.0 Å². The van der Waals surface area contributed by atoms with E-state index in [0.29, 0.717) is 13.0 Å². The predicted octanol–water partition coefficient (Wildman–Crippen LogP) is -1.61. The zero-order valence-corrected chi connectivity index (χ0v) is 13.2. The van der Waals surface area contributed by atoms with Gasteiger partial charge < -0.3 is 9.88 Å². The third kappa shape index (κ3) is 4.17. The molecule has 0 saturated heterocycles. The summed E-state index contributed by atoms with van der Waals surface area (Å²) in [6.45, 7) is 0.878. The molecule has 0 saturated carbocycles. The highest BCUT2D eigenvalue weighted by molar-refractivity contribution is 7.89. The molecule has 10 heteroatoms. The standard InChI is InChI=1S/C10H18N4O4S.ClH/c1-11-5-4-6-12-19(17,18)8-7-13(2)10(16)14(3)9(8)15;/h7,11-12H,4-6H2,1-3H3;1H. The van der Waals surface area contributed by atoms with Gasteiger partial charge in [-0.2, -0.15) is 0 Å². The maximum Gasteiger partial charge on any atom is 0.330 e. The van der Waals surface area contributed by atoms with Crippen LogP contribution >= 0.6 is 12.4 Å². The lowest BCUT2D eigenvalue weighted by Gasteiger charge is -2.08. The minimum absolute atomic E-state index is 0. The van der Waals surface area contributed by atoms with Crippen LogP contribution in [0.5, 0.6) is 0 Å². The van der Waals surface area contributed by atoms with E-state index >= 15 is 0 Å². The van der Waals surface area contributed by atoms with Crippen LogP contribution in [-0.4, -0.2) is 37.7 Å². The Kier molecular flexibility index (Phi) is 7.14. The van der Waals surface area contributed by atoms with Gasteiger partial charge in [0.15, 0.2) is 4.90 Å². The van der Waals surface area contributed by atoms with Crippen LogP contribution in [0.4, 0.5) is 0 Å². The van der Waals surface area contributed by atoms with Crippen molar-refractivity contribution in [2.45, 2.75) is 11.3 Å². The summed E-state index contributed by atoms with van der Waals surface area (Å²) in [4.78, 5) is 22.8. The number of hydrogen-bond donors (Lipinski definition) is 2. The minimum atomic E-state index is -3.90. The zero-order chi connectivity index (χ0) is 14.6. The Labute approximate surface area is 123 Å². The fraction of sp³-hybridized carbons (Fsp3) is 0.600. The van der Waals surface area contributed by atoms with Crippen molar-refractivity contribution in [1.29, 1.82) is 0 Å². The van der Waals surface area contributed by atoms with Crippen LogP contribution in [0.1, 0.15) is 6.42 Å². The van der Waals surface area contributed by atoms with Crippen molar-refractivity contribution in [3.05, 3.63) is 27.0 Å². The number of nitrogens with zero attached hydrogens (tertiary/aromatic N) is 2. The van der Waals surface area contributed by atoms with Crippen molar-refractivity contribution >= 4 is 22.4 Å². The van der Waals surface area contributed by atoms with Gasteiger partial charge in [0.1, 0.15) is 0 Å². The number of sulfonamides is 1. The molecule has 0 atom stereocenters. The van der Waals surface area contributed by atoms with Crippen LogP contribution in [0.25, 0.3) is 0 Å². The monoisotopic (exact) mass is 326 g/mol. The van der Waals surface area contributed by atoms with Crippen molar-refractivity contribution in [2.75, 3.05) is 20.1 Å². The van der Waals surface area contributed by atoms with Crippen molar-refractivity contribution in [1.82, 2.24) is 19.2 Å². The first-order valence-electron chi connectivity index (χ1n) is 5.72. The summed E-state index contributed by atoms with van der Waals surface area (Å²) < 4.78 is 28.1. The first-order valence-corrected chi connectivity index (χ1v) is 7.20. The smallest absolute Gasteiger partial charge is 0.320 e. The van der Waals surface area contributed by atoms with Crippen molar-refractivity contribution < 1.29 is 8.42 Å². The number of hydrogen-bond acceptors (Lipinski definition) is 5. The molecule has 1 aromatic rings. The third-order valence-electron chi connectivity index (χ3n) is 2.60. The van der Waals surface area contributed by atoms with Gasteiger partial charge in [-0.15, -0.1) is 12.4 Å². The number of nitrogens with one attached hydrogen (secondary N) is 2. The Hall–Kier alpha value is -1.16. The summed E-state index contributed by atoms with van der Waals surface area (Å²) in [5.74, 6) is 0. The molecule has 0 aromatic carbocycles. The molecule has 0 unspecified atom stereocenters. The van der Waals surface area contributed by atoms with Gasteiger partial charge in [-0.3, -0.25) is 9.36 Å². The quantitative estimate of drug-likeness (QED) is 0.613. The highest BCUT2D eigenvalue weighted by Crippen LogP contribution is 1.99. The highest BCUT2D eigenvalue weighted by Gasteiger charge is 2.20. The largest absolute Gasteiger partial charge is 0.330 e. The molecule has 0 aliphatic rings. The van der Waals surface area contributed by atoms with Crippen LogP contribution in [0.2, 0.25) is 0 Å². The number of halogens is 1. The second-order valence-corrected chi connectivity index (χ2v) is 5.84. The van der Waals surface area contributed by atoms with Gasteiger partial charge in [0.2, 0.25) is 10.0 Å².